The highest BCUT2D eigenvalue weighted by Crippen LogP contribution is 2.29. The lowest BCUT2D eigenvalue weighted by Gasteiger charge is -2.12. The maximum Gasteiger partial charge on any atom is 0.191 e. The van der Waals surface area contributed by atoms with Gasteiger partial charge in [0.2, 0.25) is 0 Å². The van der Waals surface area contributed by atoms with Crippen LogP contribution in [0.2, 0.25) is 0 Å². The molecule has 0 saturated carbocycles. The molecule has 1 heterocycles. The summed E-state index contributed by atoms with van der Waals surface area (Å²) in [6.07, 6.45) is 1.97. The van der Waals surface area contributed by atoms with Crippen molar-refractivity contribution in [1.29, 1.82) is 0 Å². The van der Waals surface area contributed by atoms with Gasteiger partial charge in [0.15, 0.2) is 5.16 Å². The fourth-order valence-electron chi connectivity index (χ4n) is 1.73. The second-order valence-electron chi connectivity index (χ2n) is 4.22. The zero-order chi connectivity index (χ0) is 14.5. The molecule has 1 aromatic carbocycles. The van der Waals surface area contributed by atoms with Gasteiger partial charge in [0.25, 0.3) is 0 Å². The summed E-state index contributed by atoms with van der Waals surface area (Å²) in [5.74, 6) is 1.62. The van der Waals surface area contributed by atoms with Crippen molar-refractivity contribution in [1.82, 2.24) is 9.97 Å². The van der Waals surface area contributed by atoms with Crippen molar-refractivity contribution in [3.63, 3.8) is 0 Å². The summed E-state index contributed by atoms with van der Waals surface area (Å²) in [6, 6.07) is 8.01. The van der Waals surface area contributed by atoms with Crippen LogP contribution < -0.4 is 10.6 Å². The summed E-state index contributed by atoms with van der Waals surface area (Å²) < 4.78 is 1.05. The van der Waals surface area contributed by atoms with Crippen molar-refractivity contribution in [2.45, 2.75) is 19.0 Å². The molecular formula is C14H17BrN4S. The number of aromatic nitrogens is 2. The third-order valence-corrected chi connectivity index (χ3v) is 4.30. The number of nitrogens with zero attached hydrogens (tertiary/aromatic N) is 2. The van der Waals surface area contributed by atoms with E-state index in [1.54, 1.807) is 0 Å². The van der Waals surface area contributed by atoms with E-state index in [1.165, 1.54) is 17.3 Å². The second-order valence-corrected chi connectivity index (χ2v) is 5.78. The number of hydrogen-bond donors (Lipinski definition) is 2. The Morgan fingerprint density at radius 3 is 2.70 bits per heavy atom. The predicted molar refractivity (Wildman–Crippen MR) is 90.1 cm³/mol. The molecule has 0 amide bonds. The number of anilines is 3. The van der Waals surface area contributed by atoms with Crippen molar-refractivity contribution in [2.75, 3.05) is 23.4 Å². The average molecular weight is 353 g/mol. The molecule has 0 aliphatic rings. The number of thioether (sulfide) groups is 1. The Morgan fingerprint density at radius 2 is 2.00 bits per heavy atom. The van der Waals surface area contributed by atoms with E-state index in [0.29, 0.717) is 0 Å². The molecule has 0 aliphatic heterocycles. The van der Waals surface area contributed by atoms with Gasteiger partial charge in [-0.3, -0.25) is 0 Å². The molecule has 0 aliphatic carbocycles. The highest BCUT2D eigenvalue weighted by Gasteiger charge is 2.07. The summed E-state index contributed by atoms with van der Waals surface area (Å²) in [7, 11) is 0. The van der Waals surface area contributed by atoms with Gasteiger partial charge < -0.3 is 10.6 Å². The lowest BCUT2D eigenvalue weighted by atomic mass is 10.2. The molecule has 0 bridgehead atoms. The Morgan fingerprint density at radius 1 is 1.25 bits per heavy atom. The average Bonchev–Trinajstić information content (AvgIpc) is 2.44. The maximum atomic E-state index is 4.48. The smallest absolute Gasteiger partial charge is 0.191 e. The minimum Gasteiger partial charge on any atom is -0.370 e. The summed E-state index contributed by atoms with van der Waals surface area (Å²) in [4.78, 5) is 8.89. The molecule has 6 heteroatoms. The lowest BCUT2D eigenvalue weighted by molar-refractivity contribution is 0.967. The predicted octanol–water partition coefficient (Wildman–Crippen LogP) is 4.44. The van der Waals surface area contributed by atoms with Gasteiger partial charge in [0, 0.05) is 17.1 Å². The van der Waals surface area contributed by atoms with Crippen molar-refractivity contribution in [3.05, 3.63) is 34.3 Å². The quantitative estimate of drug-likeness (QED) is 0.615. The number of aryl methyl sites for hydroxylation is 1. The molecule has 2 N–H and O–H groups in total. The SMILES string of the molecule is CCNc1cc(Nc2cccc(C)c2Br)nc(SC)n1. The molecule has 20 heavy (non-hydrogen) atoms. The van der Waals surface area contributed by atoms with E-state index in [4.69, 9.17) is 0 Å². The summed E-state index contributed by atoms with van der Waals surface area (Å²) in [6.45, 7) is 4.94. The molecule has 2 aromatic rings. The first-order chi connectivity index (χ1) is 9.63. The van der Waals surface area contributed by atoms with Crippen LogP contribution in [0.25, 0.3) is 0 Å². The van der Waals surface area contributed by atoms with Crippen molar-refractivity contribution in [2.24, 2.45) is 0 Å². The number of benzene rings is 1. The largest absolute Gasteiger partial charge is 0.370 e. The monoisotopic (exact) mass is 352 g/mol. The topological polar surface area (TPSA) is 49.8 Å². The fourth-order valence-corrected chi connectivity index (χ4v) is 2.48. The van der Waals surface area contributed by atoms with Gasteiger partial charge >= 0.3 is 0 Å². The Labute approximate surface area is 131 Å². The Bertz CT molecular complexity index is 604. The van der Waals surface area contributed by atoms with Crippen LogP contribution in [0, 0.1) is 6.92 Å². The number of rotatable bonds is 5. The van der Waals surface area contributed by atoms with Crippen LogP contribution >= 0.6 is 27.7 Å². The van der Waals surface area contributed by atoms with Crippen LogP contribution in [0.5, 0.6) is 0 Å². The van der Waals surface area contributed by atoms with Gasteiger partial charge in [-0.05, 0) is 47.7 Å². The molecular weight excluding hydrogens is 336 g/mol. The fraction of sp³-hybridized carbons (Fsp3) is 0.286. The van der Waals surface area contributed by atoms with Crippen molar-refractivity contribution < 1.29 is 0 Å². The van der Waals surface area contributed by atoms with E-state index >= 15 is 0 Å². The molecule has 0 radical (unpaired) electrons. The summed E-state index contributed by atoms with van der Waals surface area (Å²) in [5.41, 5.74) is 2.18. The van der Waals surface area contributed by atoms with E-state index < -0.39 is 0 Å². The van der Waals surface area contributed by atoms with Crippen LogP contribution in [-0.4, -0.2) is 22.8 Å². The second kappa shape index (κ2) is 6.95. The molecule has 106 valence electrons. The van der Waals surface area contributed by atoms with E-state index in [9.17, 15) is 0 Å². The zero-order valence-electron chi connectivity index (χ0n) is 11.7. The van der Waals surface area contributed by atoms with E-state index in [0.717, 1.165) is 33.5 Å². The maximum absolute atomic E-state index is 4.48. The van der Waals surface area contributed by atoms with Gasteiger partial charge in [-0.1, -0.05) is 23.9 Å². The molecule has 2 rings (SSSR count). The first kappa shape index (κ1) is 15.1. The third kappa shape index (κ3) is 3.64. The summed E-state index contributed by atoms with van der Waals surface area (Å²) in [5, 5.41) is 7.30. The van der Waals surface area contributed by atoms with Gasteiger partial charge in [-0.25, -0.2) is 9.97 Å². The molecule has 0 atom stereocenters. The molecule has 0 spiro atoms. The number of nitrogens with one attached hydrogen (secondary N) is 2. The molecule has 1 aromatic heterocycles. The first-order valence-corrected chi connectivity index (χ1v) is 8.35. The van der Waals surface area contributed by atoms with Crippen LogP contribution in [0.4, 0.5) is 17.3 Å². The van der Waals surface area contributed by atoms with Gasteiger partial charge in [-0.15, -0.1) is 0 Å². The van der Waals surface area contributed by atoms with Gasteiger partial charge in [0.05, 0.1) is 5.69 Å². The van der Waals surface area contributed by atoms with Crippen LogP contribution in [0.3, 0.4) is 0 Å². The minimum absolute atomic E-state index is 0.745. The summed E-state index contributed by atoms with van der Waals surface area (Å²) >= 11 is 5.12. The standard InChI is InChI=1S/C14H17BrN4S/c1-4-16-11-8-12(19-14(18-11)20-3)17-10-7-5-6-9(2)13(10)15/h5-8H,4H2,1-3H3,(H2,16,17,18,19). The van der Waals surface area contributed by atoms with Crippen molar-refractivity contribution in [3.8, 4) is 0 Å². The van der Waals surface area contributed by atoms with E-state index in [2.05, 4.69) is 49.5 Å². The normalized spacial score (nSPS) is 10.4. The Hall–Kier alpha value is -1.27. The Kier molecular flexibility index (Phi) is 5.25. The van der Waals surface area contributed by atoms with E-state index in [-0.39, 0.29) is 0 Å². The highest BCUT2D eigenvalue weighted by atomic mass is 79.9. The van der Waals surface area contributed by atoms with Crippen LogP contribution in [-0.2, 0) is 0 Å². The Balaban J connectivity index is 2.32. The van der Waals surface area contributed by atoms with Crippen molar-refractivity contribution >= 4 is 45.0 Å². The number of hydrogen-bond acceptors (Lipinski definition) is 5. The third-order valence-electron chi connectivity index (χ3n) is 2.70. The zero-order valence-corrected chi connectivity index (χ0v) is 14.1. The van der Waals surface area contributed by atoms with Gasteiger partial charge in [-0.2, -0.15) is 0 Å². The minimum atomic E-state index is 0.745. The van der Waals surface area contributed by atoms with Crippen LogP contribution in [0.1, 0.15) is 12.5 Å². The van der Waals surface area contributed by atoms with Gasteiger partial charge in [0.1, 0.15) is 11.6 Å². The van der Waals surface area contributed by atoms with Crippen LogP contribution in [0.15, 0.2) is 33.9 Å². The molecule has 0 fully saturated rings. The molecule has 0 unspecified atom stereocenters. The molecule has 0 saturated heterocycles. The van der Waals surface area contributed by atoms with E-state index in [1.807, 2.05) is 31.4 Å². The first-order valence-electron chi connectivity index (χ1n) is 6.33. The highest BCUT2D eigenvalue weighted by molar-refractivity contribution is 9.10. The lowest BCUT2D eigenvalue weighted by Crippen LogP contribution is -2.04. The molecule has 4 nitrogen and oxygen atoms in total. The number of halogens is 1.